The molecular weight excluding hydrogens is 264 g/mol. The third kappa shape index (κ3) is 3.44. The number of benzene rings is 1. The molecule has 1 amide bonds. The van der Waals surface area contributed by atoms with Crippen LogP contribution in [0.1, 0.15) is 6.42 Å². The van der Waals surface area contributed by atoms with E-state index in [1.54, 1.807) is 6.07 Å². The predicted octanol–water partition coefficient (Wildman–Crippen LogP) is 1.60. The summed E-state index contributed by atoms with van der Waals surface area (Å²) in [6.45, 7) is 0. The smallest absolute Gasteiger partial charge is 0.238 e. The van der Waals surface area contributed by atoms with Crippen molar-refractivity contribution in [3.05, 3.63) is 23.2 Å². The molecule has 1 N–H and O–H groups in total. The number of rotatable bonds is 3. The topological polar surface area (TPSA) is 87.0 Å². The van der Waals surface area contributed by atoms with Gasteiger partial charge in [-0.3, -0.25) is 4.79 Å². The number of nitrogens with one attached hydrogen (secondary N) is 1. The van der Waals surface area contributed by atoms with E-state index in [0.29, 0.717) is 0 Å². The second-order valence-corrected chi connectivity index (χ2v) is 5.63. The lowest BCUT2D eigenvalue weighted by atomic mass is 10.3. The van der Waals surface area contributed by atoms with Gasteiger partial charge in [-0.25, -0.2) is 8.42 Å². The molecule has 0 aromatic heterocycles. The molecule has 0 aliphatic heterocycles. The van der Waals surface area contributed by atoms with Crippen LogP contribution in [-0.2, 0) is 14.6 Å². The van der Waals surface area contributed by atoms with Crippen LogP contribution in [0.25, 0.3) is 0 Å². The van der Waals surface area contributed by atoms with Crippen molar-refractivity contribution in [2.75, 3.05) is 11.6 Å². The van der Waals surface area contributed by atoms with E-state index in [1.165, 1.54) is 18.2 Å². The number of nitrogens with zero attached hydrogens (tertiary/aromatic N) is 1. The maximum absolute atomic E-state index is 11.5. The summed E-state index contributed by atoms with van der Waals surface area (Å²) in [7, 11) is -3.55. The zero-order valence-electron chi connectivity index (χ0n) is 8.90. The average Bonchev–Trinajstić information content (AvgIpc) is 2.15. The zero-order valence-corrected chi connectivity index (χ0v) is 10.5. The fraction of sp³-hybridized carbons (Fsp3) is 0.200. The van der Waals surface area contributed by atoms with E-state index < -0.39 is 15.7 Å². The number of carbonyl (C=O) groups is 1. The first-order chi connectivity index (χ1) is 7.86. The molecule has 0 bridgehead atoms. The van der Waals surface area contributed by atoms with Crippen molar-refractivity contribution in [1.82, 2.24) is 0 Å². The Hall–Kier alpha value is -1.58. The van der Waals surface area contributed by atoms with Crippen LogP contribution in [0.3, 0.4) is 0 Å². The molecule has 7 heteroatoms. The molecule has 0 unspecified atom stereocenters. The molecule has 1 rings (SSSR count). The van der Waals surface area contributed by atoms with Gasteiger partial charge in [0, 0.05) is 6.26 Å². The summed E-state index contributed by atoms with van der Waals surface area (Å²) < 4.78 is 23.0. The van der Waals surface area contributed by atoms with Crippen molar-refractivity contribution >= 4 is 33.0 Å². The van der Waals surface area contributed by atoms with Gasteiger partial charge in [0.2, 0.25) is 5.91 Å². The van der Waals surface area contributed by atoms with Crippen molar-refractivity contribution in [2.24, 2.45) is 0 Å². The third-order valence-electron chi connectivity index (χ3n) is 1.85. The van der Waals surface area contributed by atoms with Gasteiger partial charge in [-0.2, -0.15) is 5.26 Å². The summed E-state index contributed by atoms with van der Waals surface area (Å²) in [4.78, 5) is 11.1. The van der Waals surface area contributed by atoms with Gasteiger partial charge in [0.1, 0.15) is 11.3 Å². The van der Waals surface area contributed by atoms with E-state index >= 15 is 0 Å². The second kappa shape index (κ2) is 5.17. The Bertz CT molecular complexity index is 590. The summed E-state index contributed by atoms with van der Waals surface area (Å²) in [5, 5.41) is 10.7. The fourth-order valence-corrected chi connectivity index (χ4v) is 2.79. The minimum atomic E-state index is -3.55. The van der Waals surface area contributed by atoms with Crippen LogP contribution in [-0.4, -0.2) is 20.6 Å². The fourth-order valence-electron chi connectivity index (χ4n) is 1.25. The number of hydrogen-bond donors (Lipinski definition) is 1. The summed E-state index contributed by atoms with van der Waals surface area (Å²) in [6.07, 6.45) is 0.643. The molecular formula is C10H9ClN2O3S. The van der Waals surface area contributed by atoms with Crippen molar-refractivity contribution in [3.63, 3.8) is 0 Å². The van der Waals surface area contributed by atoms with Gasteiger partial charge >= 0.3 is 0 Å². The Kier molecular flexibility index (Phi) is 4.10. The maximum atomic E-state index is 11.5. The largest absolute Gasteiger partial charge is 0.324 e. The molecule has 17 heavy (non-hydrogen) atoms. The van der Waals surface area contributed by atoms with Gasteiger partial charge in [-0.15, -0.1) is 0 Å². The minimum absolute atomic E-state index is 0.0299. The van der Waals surface area contributed by atoms with Crippen LogP contribution in [0, 0.1) is 11.3 Å². The molecule has 0 atom stereocenters. The number of amides is 1. The quantitative estimate of drug-likeness (QED) is 0.905. The SMILES string of the molecule is CS(=O)(=O)c1c(Cl)cccc1NC(=O)CC#N. The van der Waals surface area contributed by atoms with Gasteiger partial charge < -0.3 is 5.32 Å². The first-order valence-electron chi connectivity index (χ1n) is 4.51. The number of halogens is 1. The van der Waals surface area contributed by atoms with Gasteiger partial charge in [0.05, 0.1) is 16.8 Å². The lowest BCUT2D eigenvalue weighted by Crippen LogP contribution is -2.13. The van der Waals surface area contributed by atoms with E-state index in [-0.39, 0.29) is 22.0 Å². The zero-order chi connectivity index (χ0) is 13.1. The molecule has 0 saturated heterocycles. The standard InChI is InChI=1S/C10H9ClN2O3S/c1-17(15,16)10-7(11)3-2-4-8(10)13-9(14)5-6-12/h2-4H,5H2,1H3,(H,13,14). The van der Waals surface area contributed by atoms with Gasteiger partial charge in [0.25, 0.3) is 0 Å². The first kappa shape index (κ1) is 13.5. The highest BCUT2D eigenvalue weighted by Crippen LogP contribution is 2.29. The van der Waals surface area contributed by atoms with Crippen molar-refractivity contribution in [2.45, 2.75) is 11.3 Å². The summed E-state index contributed by atoms with van der Waals surface area (Å²) in [5.41, 5.74) is 0.0836. The van der Waals surface area contributed by atoms with Crippen LogP contribution in [0.5, 0.6) is 0 Å². The van der Waals surface area contributed by atoms with Crippen LogP contribution in [0.2, 0.25) is 5.02 Å². The monoisotopic (exact) mass is 272 g/mol. The Morgan fingerprint density at radius 1 is 1.53 bits per heavy atom. The number of hydrogen-bond acceptors (Lipinski definition) is 4. The molecule has 0 saturated carbocycles. The van der Waals surface area contributed by atoms with E-state index in [1.807, 2.05) is 0 Å². The highest BCUT2D eigenvalue weighted by molar-refractivity contribution is 7.91. The van der Waals surface area contributed by atoms with Crippen LogP contribution in [0.4, 0.5) is 5.69 Å². The number of sulfone groups is 1. The number of anilines is 1. The predicted molar refractivity (Wildman–Crippen MR) is 63.4 cm³/mol. The maximum Gasteiger partial charge on any atom is 0.238 e. The molecule has 0 radical (unpaired) electrons. The summed E-state index contributed by atoms with van der Waals surface area (Å²) in [6, 6.07) is 6.01. The second-order valence-electron chi connectivity index (χ2n) is 3.27. The Morgan fingerprint density at radius 3 is 2.71 bits per heavy atom. The third-order valence-corrected chi connectivity index (χ3v) is 3.46. The van der Waals surface area contributed by atoms with Crippen molar-refractivity contribution < 1.29 is 13.2 Å². The molecule has 5 nitrogen and oxygen atoms in total. The lowest BCUT2D eigenvalue weighted by molar-refractivity contribution is -0.115. The minimum Gasteiger partial charge on any atom is -0.324 e. The van der Waals surface area contributed by atoms with Crippen LogP contribution in [0.15, 0.2) is 23.1 Å². The lowest BCUT2D eigenvalue weighted by Gasteiger charge is -2.09. The molecule has 0 heterocycles. The van der Waals surface area contributed by atoms with Crippen molar-refractivity contribution in [3.8, 4) is 6.07 Å². The molecule has 0 aliphatic carbocycles. The van der Waals surface area contributed by atoms with E-state index in [4.69, 9.17) is 16.9 Å². The average molecular weight is 273 g/mol. The van der Waals surface area contributed by atoms with E-state index in [0.717, 1.165) is 6.26 Å². The van der Waals surface area contributed by atoms with Crippen LogP contribution < -0.4 is 5.32 Å². The first-order valence-corrected chi connectivity index (χ1v) is 6.78. The van der Waals surface area contributed by atoms with Crippen LogP contribution >= 0.6 is 11.6 Å². The Labute approximate surface area is 104 Å². The molecule has 1 aromatic carbocycles. The molecule has 90 valence electrons. The Morgan fingerprint density at radius 2 is 2.18 bits per heavy atom. The summed E-state index contributed by atoms with van der Waals surface area (Å²) >= 11 is 5.78. The Balaban J connectivity index is 3.22. The molecule has 0 fully saturated rings. The normalized spacial score (nSPS) is 10.6. The van der Waals surface area contributed by atoms with E-state index in [9.17, 15) is 13.2 Å². The highest BCUT2D eigenvalue weighted by Gasteiger charge is 2.18. The molecule has 0 spiro atoms. The van der Waals surface area contributed by atoms with E-state index in [2.05, 4.69) is 5.32 Å². The van der Waals surface area contributed by atoms with Crippen molar-refractivity contribution in [1.29, 1.82) is 5.26 Å². The van der Waals surface area contributed by atoms with Gasteiger partial charge in [-0.1, -0.05) is 17.7 Å². The number of carbonyl (C=O) groups excluding carboxylic acids is 1. The highest BCUT2D eigenvalue weighted by atomic mass is 35.5. The molecule has 0 aliphatic rings. The molecule has 1 aromatic rings. The summed E-state index contributed by atoms with van der Waals surface area (Å²) in [5.74, 6) is -0.584. The van der Waals surface area contributed by atoms with Gasteiger partial charge in [-0.05, 0) is 12.1 Å². The number of nitriles is 1. The van der Waals surface area contributed by atoms with Gasteiger partial charge in [0.15, 0.2) is 9.84 Å².